The predicted molar refractivity (Wildman–Crippen MR) is 90.8 cm³/mol. The predicted octanol–water partition coefficient (Wildman–Crippen LogP) is 1.32. The lowest BCUT2D eigenvalue weighted by Gasteiger charge is -2.16. The molecule has 1 aromatic rings. The molecule has 0 saturated carbocycles. The van der Waals surface area contributed by atoms with E-state index in [4.69, 9.17) is 5.11 Å². The van der Waals surface area contributed by atoms with Gasteiger partial charge in [0, 0.05) is 19.3 Å². The fourth-order valence-electron chi connectivity index (χ4n) is 1.81. The summed E-state index contributed by atoms with van der Waals surface area (Å²) in [5, 5.41) is 8.62. The van der Waals surface area contributed by atoms with Crippen LogP contribution < -0.4 is 4.72 Å². The Morgan fingerprint density at radius 2 is 1.75 bits per heavy atom. The molecule has 0 fully saturated rings. The summed E-state index contributed by atoms with van der Waals surface area (Å²) in [4.78, 5) is 10.5. The van der Waals surface area contributed by atoms with Gasteiger partial charge in [-0.3, -0.25) is 9.52 Å². The first-order chi connectivity index (χ1) is 11.1. The molecule has 0 aromatic heterocycles. The Morgan fingerprint density at radius 1 is 1.17 bits per heavy atom. The highest BCUT2D eigenvalue weighted by molar-refractivity contribution is 7.92. The molecule has 0 heterocycles. The SMILES string of the molecule is CCCCS(=O)(=O)Nc1ccc(S(=O)(=O)N(C)CCC(=O)O)cc1. The lowest BCUT2D eigenvalue weighted by molar-refractivity contribution is -0.137. The van der Waals surface area contributed by atoms with Crippen molar-refractivity contribution in [2.45, 2.75) is 31.1 Å². The summed E-state index contributed by atoms with van der Waals surface area (Å²) < 4.78 is 51.5. The first-order valence-corrected chi connectivity index (χ1v) is 10.5. The first kappa shape index (κ1) is 20.4. The van der Waals surface area contributed by atoms with Crippen molar-refractivity contribution in [2.24, 2.45) is 0 Å². The number of benzene rings is 1. The zero-order chi connectivity index (χ0) is 18.4. The highest BCUT2D eigenvalue weighted by Gasteiger charge is 2.21. The molecule has 24 heavy (non-hydrogen) atoms. The van der Waals surface area contributed by atoms with E-state index in [1.165, 1.54) is 31.3 Å². The molecule has 0 saturated heterocycles. The molecule has 0 spiro atoms. The van der Waals surface area contributed by atoms with Gasteiger partial charge in [-0.1, -0.05) is 13.3 Å². The average molecular weight is 378 g/mol. The van der Waals surface area contributed by atoms with Gasteiger partial charge >= 0.3 is 5.97 Å². The lowest BCUT2D eigenvalue weighted by Crippen LogP contribution is -2.29. The summed E-state index contributed by atoms with van der Waals surface area (Å²) in [6, 6.07) is 5.29. The van der Waals surface area contributed by atoms with Gasteiger partial charge in [0.1, 0.15) is 0 Å². The molecule has 136 valence electrons. The maximum absolute atomic E-state index is 12.3. The van der Waals surface area contributed by atoms with E-state index in [-0.39, 0.29) is 29.3 Å². The zero-order valence-electron chi connectivity index (χ0n) is 13.6. The van der Waals surface area contributed by atoms with Crippen LogP contribution in [0.3, 0.4) is 0 Å². The van der Waals surface area contributed by atoms with Gasteiger partial charge < -0.3 is 5.11 Å². The van der Waals surface area contributed by atoms with Gasteiger partial charge in [0.25, 0.3) is 0 Å². The lowest BCUT2D eigenvalue weighted by atomic mass is 10.3. The number of hydrogen-bond acceptors (Lipinski definition) is 5. The molecule has 1 aromatic carbocycles. The Balaban J connectivity index is 2.84. The number of hydrogen-bond donors (Lipinski definition) is 2. The number of nitrogens with zero attached hydrogens (tertiary/aromatic N) is 1. The van der Waals surface area contributed by atoms with Crippen molar-refractivity contribution in [3.63, 3.8) is 0 Å². The number of anilines is 1. The van der Waals surface area contributed by atoms with Gasteiger partial charge in [-0.15, -0.1) is 0 Å². The number of unbranched alkanes of at least 4 members (excludes halogenated alkanes) is 1. The number of nitrogens with one attached hydrogen (secondary N) is 1. The topological polar surface area (TPSA) is 121 Å². The van der Waals surface area contributed by atoms with Crippen LogP contribution in [0.25, 0.3) is 0 Å². The number of carbonyl (C=O) groups is 1. The molecule has 1 rings (SSSR count). The summed E-state index contributed by atoms with van der Waals surface area (Å²) in [5.41, 5.74) is 0.276. The van der Waals surface area contributed by atoms with Crippen molar-refractivity contribution in [1.29, 1.82) is 0 Å². The maximum atomic E-state index is 12.3. The van der Waals surface area contributed by atoms with E-state index in [2.05, 4.69) is 4.72 Å². The summed E-state index contributed by atoms with van der Waals surface area (Å²) in [6.45, 7) is 1.74. The first-order valence-electron chi connectivity index (χ1n) is 7.37. The third kappa shape index (κ3) is 6.10. The molecule has 0 bridgehead atoms. The summed E-state index contributed by atoms with van der Waals surface area (Å²) in [5.74, 6) is -1.09. The van der Waals surface area contributed by atoms with Crippen LogP contribution in [0, 0.1) is 0 Å². The van der Waals surface area contributed by atoms with Crippen molar-refractivity contribution in [3.05, 3.63) is 24.3 Å². The Kier molecular flexibility index (Phi) is 7.18. The van der Waals surface area contributed by atoms with Gasteiger partial charge in [-0.2, -0.15) is 0 Å². The third-order valence-electron chi connectivity index (χ3n) is 3.24. The monoisotopic (exact) mass is 378 g/mol. The second kappa shape index (κ2) is 8.45. The van der Waals surface area contributed by atoms with Crippen molar-refractivity contribution < 1.29 is 26.7 Å². The minimum Gasteiger partial charge on any atom is -0.481 e. The largest absolute Gasteiger partial charge is 0.481 e. The van der Waals surface area contributed by atoms with E-state index in [1.807, 2.05) is 6.92 Å². The molecule has 0 radical (unpaired) electrons. The van der Waals surface area contributed by atoms with Crippen LogP contribution in [0.4, 0.5) is 5.69 Å². The van der Waals surface area contributed by atoms with Gasteiger partial charge in [0.05, 0.1) is 17.1 Å². The van der Waals surface area contributed by atoms with Gasteiger partial charge in [-0.05, 0) is 30.7 Å². The Bertz CT molecular complexity index is 757. The molecule has 0 aliphatic rings. The Hall–Kier alpha value is -1.65. The average Bonchev–Trinajstić information content (AvgIpc) is 2.50. The molecule has 2 N–H and O–H groups in total. The highest BCUT2D eigenvalue weighted by atomic mass is 32.2. The van der Waals surface area contributed by atoms with Gasteiger partial charge in [0.2, 0.25) is 20.0 Å². The van der Waals surface area contributed by atoms with E-state index in [1.54, 1.807) is 0 Å². The van der Waals surface area contributed by atoms with Gasteiger partial charge in [-0.25, -0.2) is 21.1 Å². The molecule has 0 aliphatic carbocycles. The van der Waals surface area contributed by atoms with E-state index in [0.29, 0.717) is 6.42 Å². The summed E-state index contributed by atoms with van der Waals surface area (Å²) in [7, 11) is -5.98. The van der Waals surface area contributed by atoms with Gasteiger partial charge in [0.15, 0.2) is 0 Å². The third-order valence-corrected chi connectivity index (χ3v) is 6.49. The summed E-state index contributed by atoms with van der Waals surface area (Å²) >= 11 is 0. The summed E-state index contributed by atoms with van der Waals surface area (Å²) in [6.07, 6.45) is 0.988. The molecule has 10 heteroatoms. The number of carboxylic acid groups (broad SMARTS) is 1. The van der Waals surface area contributed by atoms with Crippen LogP contribution in [0.2, 0.25) is 0 Å². The van der Waals surface area contributed by atoms with Crippen LogP contribution in [0.15, 0.2) is 29.2 Å². The second-order valence-electron chi connectivity index (χ2n) is 5.27. The minimum absolute atomic E-state index is 0.00146. The molecular weight excluding hydrogens is 356 g/mol. The standard InChI is InChI=1S/C14H22N2O6S2/c1-3-4-11-23(19,20)15-12-5-7-13(8-6-12)24(21,22)16(2)10-9-14(17)18/h5-8,15H,3-4,9-11H2,1-2H3,(H,17,18). The van der Waals surface area contributed by atoms with Crippen LogP contribution in [-0.4, -0.2) is 51.6 Å². The van der Waals surface area contributed by atoms with Crippen molar-refractivity contribution in [2.75, 3.05) is 24.1 Å². The van der Waals surface area contributed by atoms with Crippen LogP contribution in [-0.2, 0) is 24.8 Å². The molecule has 0 unspecified atom stereocenters. The zero-order valence-corrected chi connectivity index (χ0v) is 15.2. The smallest absolute Gasteiger partial charge is 0.304 e. The molecule has 0 amide bonds. The molecule has 0 aliphatic heterocycles. The normalized spacial score (nSPS) is 12.3. The Morgan fingerprint density at radius 3 is 2.25 bits per heavy atom. The van der Waals surface area contributed by atoms with Crippen molar-refractivity contribution >= 4 is 31.7 Å². The number of carboxylic acids is 1. The fourth-order valence-corrected chi connectivity index (χ4v) is 4.25. The van der Waals surface area contributed by atoms with E-state index in [9.17, 15) is 21.6 Å². The van der Waals surface area contributed by atoms with E-state index >= 15 is 0 Å². The maximum Gasteiger partial charge on any atom is 0.304 e. The van der Waals surface area contributed by atoms with Crippen molar-refractivity contribution in [1.82, 2.24) is 4.31 Å². The number of sulfonamides is 2. The quantitative estimate of drug-likeness (QED) is 0.633. The molecular formula is C14H22N2O6S2. The fraction of sp³-hybridized carbons (Fsp3) is 0.500. The Labute approximate surface area is 142 Å². The van der Waals surface area contributed by atoms with E-state index in [0.717, 1.165) is 10.7 Å². The number of aliphatic carboxylic acids is 1. The molecule has 8 nitrogen and oxygen atoms in total. The van der Waals surface area contributed by atoms with Crippen LogP contribution in [0.1, 0.15) is 26.2 Å². The van der Waals surface area contributed by atoms with Crippen LogP contribution in [0.5, 0.6) is 0 Å². The second-order valence-corrected chi connectivity index (χ2v) is 9.16. The van der Waals surface area contributed by atoms with E-state index < -0.39 is 26.0 Å². The van der Waals surface area contributed by atoms with Crippen LogP contribution >= 0.6 is 0 Å². The van der Waals surface area contributed by atoms with Crippen molar-refractivity contribution in [3.8, 4) is 0 Å². The highest BCUT2D eigenvalue weighted by Crippen LogP contribution is 2.18. The number of rotatable bonds is 10. The minimum atomic E-state index is -3.82. The molecule has 0 atom stereocenters.